The highest BCUT2D eigenvalue weighted by molar-refractivity contribution is 6.11. The summed E-state index contributed by atoms with van der Waals surface area (Å²) in [7, 11) is 5.81. The molecule has 0 spiro atoms. The Morgan fingerprint density at radius 3 is 2.03 bits per heavy atom. The summed E-state index contributed by atoms with van der Waals surface area (Å²) in [5.74, 6) is -0.813. The molecule has 0 unspecified atom stereocenters. The van der Waals surface area contributed by atoms with Gasteiger partial charge in [-0.1, -0.05) is 6.07 Å². The second-order valence-corrected chi connectivity index (χ2v) is 7.92. The first-order valence-electron chi connectivity index (χ1n) is 10.8. The van der Waals surface area contributed by atoms with E-state index in [-0.39, 0.29) is 24.3 Å². The number of carbonyl (C=O) groups excluding carboxylic acids is 2. The van der Waals surface area contributed by atoms with Gasteiger partial charge in [0.1, 0.15) is 11.4 Å². The van der Waals surface area contributed by atoms with Gasteiger partial charge in [-0.2, -0.15) is 0 Å². The summed E-state index contributed by atoms with van der Waals surface area (Å²) in [6, 6.07) is 7.99. The third kappa shape index (κ3) is 6.74. The van der Waals surface area contributed by atoms with Crippen molar-refractivity contribution in [3.8, 4) is 23.0 Å². The Labute approximate surface area is 209 Å². The van der Waals surface area contributed by atoms with E-state index in [4.69, 9.17) is 35.5 Å². The summed E-state index contributed by atoms with van der Waals surface area (Å²) in [6.45, 7) is 1.64. The van der Waals surface area contributed by atoms with Gasteiger partial charge in [0.2, 0.25) is 5.75 Å². The van der Waals surface area contributed by atoms with E-state index >= 15 is 0 Å². The van der Waals surface area contributed by atoms with Gasteiger partial charge in [0, 0.05) is 12.0 Å². The molecule has 2 aromatic carbocycles. The minimum atomic E-state index is -1.91. The number of amides is 1. The first kappa shape index (κ1) is 28.1. The van der Waals surface area contributed by atoms with Crippen LogP contribution < -0.4 is 35.7 Å². The molecule has 0 aliphatic heterocycles. The minimum absolute atomic E-state index is 0.250. The van der Waals surface area contributed by atoms with E-state index in [0.717, 1.165) is 0 Å². The normalized spacial score (nSPS) is 11.5. The fourth-order valence-electron chi connectivity index (χ4n) is 3.33. The molecule has 0 aliphatic rings. The van der Waals surface area contributed by atoms with Crippen LogP contribution in [0.1, 0.15) is 35.7 Å². The number of hydrogen-bond donors (Lipinski definition) is 4. The number of ketones is 1. The average Bonchev–Trinajstić information content (AvgIpc) is 2.86. The molecule has 0 heterocycles. The topological polar surface area (TPSA) is 172 Å². The molecular weight excluding hydrogens is 470 g/mol. The van der Waals surface area contributed by atoms with Crippen LogP contribution in [-0.4, -0.2) is 56.9 Å². The van der Waals surface area contributed by atoms with E-state index in [1.54, 1.807) is 43.3 Å². The van der Waals surface area contributed by atoms with Crippen LogP contribution in [0.4, 0.5) is 5.69 Å². The van der Waals surface area contributed by atoms with E-state index in [1.807, 2.05) is 0 Å². The number of carbonyl (C=O) groups is 3. The number of nitrogens with two attached hydrogens (primary N) is 2. The number of rotatable bonds is 12. The molecule has 0 saturated heterocycles. The molecule has 194 valence electrons. The number of ether oxygens (including phenoxy) is 4. The third-order valence-corrected chi connectivity index (χ3v) is 5.32. The van der Waals surface area contributed by atoms with Crippen molar-refractivity contribution >= 4 is 29.4 Å². The Balaban J connectivity index is 2.36. The Bertz CT molecular complexity index is 1150. The third-order valence-electron chi connectivity index (χ3n) is 5.32. The molecule has 1 amide bonds. The number of allylic oxidation sites excluding steroid dienone is 1. The maximum atomic E-state index is 13.1. The number of methoxy groups -OCH3 is 4. The van der Waals surface area contributed by atoms with Crippen molar-refractivity contribution in [1.29, 1.82) is 0 Å². The maximum Gasteiger partial charge on any atom is 0.303 e. The first-order valence-corrected chi connectivity index (χ1v) is 10.8. The molecule has 6 N–H and O–H groups in total. The van der Waals surface area contributed by atoms with Gasteiger partial charge in [-0.25, -0.2) is 0 Å². The fourth-order valence-corrected chi connectivity index (χ4v) is 3.33. The molecule has 0 fully saturated rings. The molecule has 2 aromatic rings. The number of carboxylic acids is 1. The van der Waals surface area contributed by atoms with Crippen molar-refractivity contribution in [3.63, 3.8) is 0 Å². The van der Waals surface area contributed by atoms with Gasteiger partial charge in [-0.3, -0.25) is 14.4 Å². The van der Waals surface area contributed by atoms with Crippen molar-refractivity contribution in [2.24, 2.45) is 11.5 Å². The highest BCUT2D eigenvalue weighted by Crippen LogP contribution is 2.38. The van der Waals surface area contributed by atoms with Gasteiger partial charge in [0.25, 0.3) is 5.91 Å². The predicted octanol–water partition coefficient (Wildman–Crippen LogP) is 2.42. The van der Waals surface area contributed by atoms with Crippen LogP contribution in [0, 0.1) is 0 Å². The number of Topliss-reactive ketones (excluding diaryl/α,β-unsaturated/α-hetero) is 1. The monoisotopic (exact) mass is 501 g/mol. The van der Waals surface area contributed by atoms with E-state index in [1.165, 1.54) is 28.4 Å². The Morgan fingerprint density at radius 1 is 0.944 bits per heavy atom. The highest BCUT2D eigenvalue weighted by atomic mass is 16.5. The summed E-state index contributed by atoms with van der Waals surface area (Å²) in [5.41, 5.74) is 11.3. The van der Waals surface area contributed by atoms with Gasteiger partial charge >= 0.3 is 5.97 Å². The molecule has 2 rings (SSSR count). The quantitative estimate of drug-likeness (QED) is 0.192. The van der Waals surface area contributed by atoms with E-state index in [2.05, 4.69) is 5.32 Å². The lowest BCUT2D eigenvalue weighted by atomic mass is 10.0. The second-order valence-electron chi connectivity index (χ2n) is 7.92. The molecule has 11 nitrogen and oxygen atoms in total. The van der Waals surface area contributed by atoms with Gasteiger partial charge in [-0.05, 0) is 54.8 Å². The summed E-state index contributed by atoms with van der Waals surface area (Å²) in [5, 5.41) is 11.4. The van der Waals surface area contributed by atoms with Crippen LogP contribution in [0.25, 0.3) is 6.08 Å². The maximum absolute atomic E-state index is 13.1. The van der Waals surface area contributed by atoms with Gasteiger partial charge in [0.05, 0.1) is 34.1 Å². The van der Waals surface area contributed by atoms with E-state index in [9.17, 15) is 14.4 Å². The van der Waals surface area contributed by atoms with Crippen molar-refractivity contribution in [2.45, 2.75) is 25.4 Å². The second kappa shape index (κ2) is 12.0. The Hall–Kier alpha value is -4.09. The molecule has 0 aromatic heterocycles. The summed E-state index contributed by atoms with van der Waals surface area (Å²) in [4.78, 5) is 36.6. The van der Waals surface area contributed by atoms with Crippen molar-refractivity contribution in [1.82, 2.24) is 0 Å². The Morgan fingerprint density at radius 2 is 1.53 bits per heavy atom. The zero-order chi connectivity index (χ0) is 27.0. The first-order chi connectivity index (χ1) is 17.0. The molecule has 36 heavy (non-hydrogen) atoms. The highest BCUT2D eigenvalue weighted by Gasteiger charge is 2.30. The molecule has 0 saturated carbocycles. The average molecular weight is 502 g/mol. The number of aliphatic carboxylic acids is 1. The van der Waals surface area contributed by atoms with Gasteiger partial charge < -0.3 is 40.8 Å². The number of carboxylic acid groups (broad SMARTS) is 1. The number of nitrogens with one attached hydrogen (secondary N) is 1. The molecule has 0 bridgehead atoms. The van der Waals surface area contributed by atoms with Crippen LogP contribution in [-0.2, 0) is 9.59 Å². The van der Waals surface area contributed by atoms with Crippen LogP contribution in [0.2, 0.25) is 0 Å². The minimum Gasteiger partial charge on any atom is -0.495 e. The zero-order valence-electron chi connectivity index (χ0n) is 20.8. The Kier molecular flexibility index (Phi) is 9.42. The van der Waals surface area contributed by atoms with Crippen LogP contribution >= 0.6 is 0 Å². The SMILES string of the molecule is COc1ccc(C=C(C)C(=O)c2cc(OC)c(OC)c(OC)c2)cc1NC(=O)C(N)(N)CCC(=O)O. The van der Waals surface area contributed by atoms with Crippen LogP contribution in [0.15, 0.2) is 35.9 Å². The number of benzene rings is 2. The summed E-state index contributed by atoms with van der Waals surface area (Å²) >= 11 is 0. The standard InChI is InChI=1S/C25H31N3O8/c1-14(22(31)16-12-19(34-3)23(36-5)20(13-16)35-4)10-15-6-7-18(33-2)17(11-15)28-24(32)25(26,27)9-8-21(29)30/h6-7,10-13H,8-9,26-27H2,1-5H3,(H,28,32)(H,29,30). The molecular formula is C25H31N3O8. The summed E-state index contributed by atoms with van der Waals surface area (Å²) < 4.78 is 21.2. The molecule has 0 atom stereocenters. The lowest BCUT2D eigenvalue weighted by Crippen LogP contribution is -2.59. The number of anilines is 1. The smallest absolute Gasteiger partial charge is 0.303 e. The van der Waals surface area contributed by atoms with Crippen molar-refractivity contribution < 1.29 is 38.4 Å². The fraction of sp³-hybridized carbons (Fsp3) is 0.320. The lowest BCUT2D eigenvalue weighted by molar-refractivity contribution is -0.137. The largest absolute Gasteiger partial charge is 0.495 e. The molecule has 0 aliphatic carbocycles. The molecule has 11 heteroatoms. The summed E-state index contributed by atoms with van der Waals surface area (Å²) in [6.07, 6.45) is 0.990. The van der Waals surface area contributed by atoms with Gasteiger partial charge in [-0.15, -0.1) is 0 Å². The van der Waals surface area contributed by atoms with Crippen LogP contribution in [0.5, 0.6) is 23.0 Å². The van der Waals surface area contributed by atoms with Crippen molar-refractivity contribution in [2.75, 3.05) is 33.8 Å². The zero-order valence-corrected chi connectivity index (χ0v) is 20.8. The predicted molar refractivity (Wildman–Crippen MR) is 134 cm³/mol. The van der Waals surface area contributed by atoms with E-state index in [0.29, 0.717) is 39.7 Å². The van der Waals surface area contributed by atoms with Crippen LogP contribution in [0.3, 0.4) is 0 Å². The van der Waals surface area contributed by atoms with E-state index < -0.39 is 17.5 Å². The van der Waals surface area contributed by atoms with Crippen molar-refractivity contribution in [3.05, 3.63) is 47.0 Å². The number of hydrogen-bond acceptors (Lipinski definition) is 9. The lowest BCUT2D eigenvalue weighted by Gasteiger charge is -2.23. The van der Waals surface area contributed by atoms with Gasteiger partial charge in [0.15, 0.2) is 17.3 Å². The molecule has 0 radical (unpaired) electrons.